The summed E-state index contributed by atoms with van der Waals surface area (Å²) in [5.41, 5.74) is 0.425. The molecule has 3 aromatic rings. The lowest BCUT2D eigenvalue weighted by molar-refractivity contribution is -0.138. The van der Waals surface area contributed by atoms with Gasteiger partial charge in [0.2, 0.25) is 5.91 Å². The molecule has 0 spiro atoms. The number of nitrogens with one attached hydrogen (secondary N) is 1. The zero-order valence-corrected chi connectivity index (χ0v) is 14.0. The molecule has 1 N–H and O–H groups in total. The fourth-order valence-corrected chi connectivity index (χ4v) is 3.03. The Kier molecular flexibility index (Phi) is 4.21. The van der Waals surface area contributed by atoms with E-state index in [1.54, 1.807) is 0 Å². The van der Waals surface area contributed by atoms with E-state index in [1.165, 1.54) is 10.5 Å². The second-order valence-electron chi connectivity index (χ2n) is 6.30. The fraction of sp³-hybridized carbons (Fsp3) is 0.278. The van der Waals surface area contributed by atoms with Crippen molar-refractivity contribution in [2.45, 2.75) is 19.1 Å². The number of benzene rings is 1. The van der Waals surface area contributed by atoms with Crippen LogP contribution >= 0.6 is 0 Å². The van der Waals surface area contributed by atoms with Crippen LogP contribution in [0.2, 0.25) is 0 Å². The second kappa shape index (κ2) is 6.57. The Balaban J connectivity index is 1.46. The average molecular weight is 376 g/mol. The van der Waals surface area contributed by atoms with E-state index in [9.17, 15) is 18.0 Å². The predicted octanol–water partition coefficient (Wildman–Crippen LogP) is 2.62. The van der Waals surface area contributed by atoms with Crippen molar-refractivity contribution in [2.24, 2.45) is 5.92 Å². The third kappa shape index (κ3) is 3.44. The van der Waals surface area contributed by atoms with Gasteiger partial charge in [-0.05, 0) is 30.2 Å². The number of aromatic nitrogens is 3. The Morgan fingerprint density at radius 2 is 2.04 bits per heavy atom. The Bertz CT molecular complexity index is 1000. The first-order valence-electron chi connectivity index (χ1n) is 8.31. The minimum Gasteiger partial charge on any atom is -0.492 e. The average Bonchev–Trinajstić information content (AvgIpc) is 3.07. The minimum atomic E-state index is -4.47. The first-order chi connectivity index (χ1) is 12.9. The van der Waals surface area contributed by atoms with Gasteiger partial charge in [-0.2, -0.15) is 13.2 Å². The van der Waals surface area contributed by atoms with Crippen LogP contribution in [0.25, 0.3) is 5.65 Å². The monoisotopic (exact) mass is 376 g/mol. The molecule has 27 heavy (non-hydrogen) atoms. The largest absolute Gasteiger partial charge is 0.492 e. The number of hydrogen-bond donors (Lipinski definition) is 1. The third-order valence-electron chi connectivity index (χ3n) is 4.47. The molecule has 1 aromatic carbocycles. The molecule has 3 heterocycles. The number of ether oxygens (including phenoxy) is 1. The summed E-state index contributed by atoms with van der Waals surface area (Å²) in [6, 6.07) is 9.69. The molecule has 0 radical (unpaired) electrons. The van der Waals surface area contributed by atoms with Gasteiger partial charge in [-0.3, -0.25) is 9.20 Å². The summed E-state index contributed by atoms with van der Waals surface area (Å²) >= 11 is 0. The van der Waals surface area contributed by atoms with Crippen LogP contribution in [0.3, 0.4) is 0 Å². The normalized spacial score (nSPS) is 16.6. The van der Waals surface area contributed by atoms with Gasteiger partial charge < -0.3 is 10.1 Å². The summed E-state index contributed by atoms with van der Waals surface area (Å²) in [5, 5.41) is 10.4. The highest BCUT2D eigenvalue weighted by atomic mass is 19.4. The molecule has 1 aliphatic rings. The third-order valence-corrected chi connectivity index (χ3v) is 4.47. The van der Waals surface area contributed by atoms with Gasteiger partial charge in [0, 0.05) is 6.20 Å². The summed E-state index contributed by atoms with van der Waals surface area (Å²) in [5.74, 6) is 0.379. The van der Waals surface area contributed by atoms with Crippen molar-refractivity contribution in [1.82, 2.24) is 19.9 Å². The van der Waals surface area contributed by atoms with E-state index in [4.69, 9.17) is 4.74 Å². The molecule has 0 fully saturated rings. The zero-order chi connectivity index (χ0) is 19.0. The number of halogens is 3. The molecule has 0 aliphatic carbocycles. The quantitative estimate of drug-likeness (QED) is 0.763. The van der Waals surface area contributed by atoms with Gasteiger partial charge in [0.25, 0.3) is 0 Å². The van der Waals surface area contributed by atoms with E-state index in [0.717, 1.165) is 23.6 Å². The van der Waals surface area contributed by atoms with E-state index in [-0.39, 0.29) is 36.4 Å². The van der Waals surface area contributed by atoms with E-state index in [2.05, 4.69) is 15.5 Å². The molecule has 0 bridgehead atoms. The number of alkyl halides is 3. The van der Waals surface area contributed by atoms with Crippen LogP contribution < -0.4 is 10.1 Å². The first kappa shape index (κ1) is 17.3. The van der Waals surface area contributed by atoms with Crippen LogP contribution in [0.4, 0.5) is 13.2 Å². The second-order valence-corrected chi connectivity index (χ2v) is 6.30. The Labute approximate surface area is 152 Å². The molecule has 9 heteroatoms. The lowest BCUT2D eigenvalue weighted by Gasteiger charge is -2.24. The Morgan fingerprint density at radius 3 is 2.85 bits per heavy atom. The zero-order valence-electron chi connectivity index (χ0n) is 14.0. The lowest BCUT2D eigenvalue weighted by Crippen LogP contribution is -2.37. The van der Waals surface area contributed by atoms with Crippen molar-refractivity contribution in [1.29, 1.82) is 0 Å². The van der Waals surface area contributed by atoms with Gasteiger partial charge in [0.05, 0.1) is 18.0 Å². The first-order valence-corrected chi connectivity index (χ1v) is 8.31. The molecule has 140 valence electrons. The number of rotatable bonds is 3. The van der Waals surface area contributed by atoms with Crippen molar-refractivity contribution >= 4 is 11.6 Å². The van der Waals surface area contributed by atoms with Crippen molar-refractivity contribution in [2.75, 3.05) is 6.61 Å². The smallest absolute Gasteiger partial charge is 0.417 e. The van der Waals surface area contributed by atoms with Gasteiger partial charge in [-0.25, -0.2) is 0 Å². The molecule has 6 nitrogen and oxygen atoms in total. The van der Waals surface area contributed by atoms with Gasteiger partial charge >= 0.3 is 6.18 Å². The van der Waals surface area contributed by atoms with Crippen LogP contribution in [-0.2, 0) is 23.9 Å². The summed E-state index contributed by atoms with van der Waals surface area (Å²) in [6.45, 7) is 0.223. The molecule has 0 unspecified atom stereocenters. The predicted molar refractivity (Wildman–Crippen MR) is 89.0 cm³/mol. The van der Waals surface area contributed by atoms with E-state index in [1.807, 2.05) is 24.3 Å². The van der Waals surface area contributed by atoms with E-state index >= 15 is 0 Å². The van der Waals surface area contributed by atoms with Gasteiger partial charge in [0.1, 0.15) is 12.4 Å². The van der Waals surface area contributed by atoms with E-state index < -0.39 is 11.7 Å². The molecule has 1 atom stereocenters. The highest BCUT2D eigenvalue weighted by Gasteiger charge is 2.31. The number of hydrogen-bond acceptors (Lipinski definition) is 4. The molecule has 0 saturated carbocycles. The van der Waals surface area contributed by atoms with Crippen LogP contribution in [0, 0.1) is 5.92 Å². The van der Waals surface area contributed by atoms with E-state index in [0.29, 0.717) is 6.42 Å². The highest BCUT2D eigenvalue weighted by Crippen LogP contribution is 2.29. The van der Waals surface area contributed by atoms with Crippen molar-refractivity contribution in [3.8, 4) is 5.75 Å². The van der Waals surface area contributed by atoms with Crippen molar-refractivity contribution in [3.05, 3.63) is 59.5 Å². The summed E-state index contributed by atoms with van der Waals surface area (Å²) in [4.78, 5) is 12.4. The Morgan fingerprint density at radius 1 is 1.22 bits per heavy atom. The highest BCUT2D eigenvalue weighted by molar-refractivity contribution is 5.79. The maximum atomic E-state index is 12.9. The van der Waals surface area contributed by atoms with Gasteiger partial charge in [-0.1, -0.05) is 18.2 Å². The minimum absolute atomic E-state index is 0.0283. The van der Waals surface area contributed by atoms with Crippen LogP contribution in [0.15, 0.2) is 42.6 Å². The molecule has 0 saturated heterocycles. The Hall–Kier alpha value is -3.10. The maximum Gasteiger partial charge on any atom is 0.417 e. The number of para-hydroxylation sites is 1. The number of amides is 1. The number of nitrogens with zero attached hydrogens (tertiary/aromatic N) is 3. The van der Waals surface area contributed by atoms with Crippen molar-refractivity contribution < 1.29 is 22.7 Å². The molecular weight excluding hydrogens is 361 g/mol. The standard InChI is InChI=1S/C18H15F3N4O2/c19-18(20,21)13-5-6-15-23-24-16(25(15)9-13)8-22-17(26)12-7-11-3-1-2-4-14(11)27-10-12/h1-6,9,12H,7-8,10H2,(H,22,26)/t12-/m1/s1. The van der Waals surface area contributed by atoms with Crippen LogP contribution in [0.5, 0.6) is 5.75 Å². The molecule has 1 amide bonds. The molecule has 4 rings (SSSR count). The van der Waals surface area contributed by atoms with Crippen LogP contribution in [0.1, 0.15) is 17.0 Å². The number of carbonyl (C=O) groups excluding carboxylic acids is 1. The molecular formula is C18H15F3N4O2. The maximum absolute atomic E-state index is 12.9. The van der Waals surface area contributed by atoms with Crippen LogP contribution in [-0.4, -0.2) is 27.1 Å². The topological polar surface area (TPSA) is 68.5 Å². The number of pyridine rings is 1. The molecule has 2 aromatic heterocycles. The SMILES string of the molecule is O=C(NCc1nnc2ccc(C(F)(F)F)cn12)[C@H]1COc2ccccc2C1. The lowest BCUT2D eigenvalue weighted by atomic mass is 9.96. The van der Waals surface area contributed by atoms with Gasteiger partial charge in [0.15, 0.2) is 11.5 Å². The number of carbonyl (C=O) groups is 1. The van der Waals surface area contributed by atoms with Crippen molar-refractivity contribution in [3.63, 3.8) is 0 Å². The molecule has 1 aliphatic heterocycles. The summed E-state index contributed by atoms with van der Waals surface area (Å²) < 4.78 is 45.5. The summed E-state index contributed by atoms with van der Waals surface area (Å²) in [6.07, 6.45) is -3.00. The van der Waals surface area contributed by atoms with Gasteiger partial charge in [-0.15, -0.1) is 10.2 Å². The fourth-order valence-electron chi connectivity index (χ4n) is 3.03. The summed E-state index contributed by atoms with van der Waals surface area (Å²) in [7, 11) is 0. The number of fused-ring (bicyclic) bond motifs is 2.